The molecule has 3 saturated heterocycles. The van der Waals surface area contributed by atoms with Crippen LogP contribution in [0, 0.1) is 12.8 Å². The van der Waals surface area contributed by atoms with Gasteiger partial charge in [-0.2, -0.15) is 5.10 Å². The van der Waals surface area contributed by atoms with Gasteiger partial charge in [0.2, 0.25) is 0 Å². The van der Waals surface area contributed by atoms with E-state index in [9.17, 15) is 4.79 Å². The Bertz CT molecular complexity index is 652. The van der Waals surface area contributed by atoms with E-state index in [0.29, 0.717) is 11.6 Å². The summed E-state index contributed by atoms with van der Waals surface area (Å²) in [6, 6.07) is 1.92. The van der Waals surface area contributed by atoms with E-state index in [-0.39, 0.29) is 11.5 Å². The molecule has 26 heavy (non-hydrogen) atoms. The van der Waals surface area contributed by atoms with E-state index in [4.69, 9.17) is 4.74 Å². The van der Waals surface area contributed by atoms with Crippen molar-refractivity contribution in [1.82, 2.24) is 19.6 Å². The molecule has 4 heterocycles. The molecule has 0 unspecified atom stereocenters. The highest BCUT2D eigenvalue weighted by molar-refractivity contribution is 5.92. The van der Waals surface area contributed by atoms with Crippen LogP contribution >= 0.6 is 0 Å². The van der Waals surface area contributed by atoms with Gasteiger partial charge in [0, 0.05) is 19.6 Å². The summed E-state index contributed by atoms with van der Waals surface area (Å²) in [5.41, 5.74) is 1.50. The molecule has 0 aliphatic carbocycles. The van der Waals surface area contributed by atoms with Gasteiger partial charge in [-0.1, -0.05) is 0 Å². The summed E-state index contributed by atoms with van der Waals surface area (Å²) in [5, 5.41) is 4.44. The lowest BCUT2D eigenvalue weighted by Gasteiger charge is -2.39. The summed E-state index contributed by atoms with van der Waals surface area (Å²) >= 11 is 0. The van der Waals surface area contributed by atoms with Crippen LogP contribution in [0.15, 0.2) is 6.07 Å². The zero-order valence-corrected chi connectivity index (χ0v) is 16.2. The summed E-state index contributed by atoms with van der Waals surface area (Å²) < 4.78 is 8.16. The summed E-state index contributed by atoms with van der Waals surface area (Å²) in [6.45, 7) is 10.8. The fourth-order valence-corrected chi connectivity index (χ4v) is 5.06. The zero-order chi connectivity index (χ0) is 18.1. The monoisotopic (exact) mass is 360 g/mol. The molecule has 144 valence electrons. The summed E-state index contributed by atoms with van der Waals surface area (Å²) in [7, 11) is 0. The van der Waals surface area contributed by atoms with Crippen molar-refractivity contribution in [2.45, 2.75) is 58.1 Å². The van der Waals surface area contributed by atoms with E-state index >= 15 is 0 Å². The topological polar surface area (TPSA) is 50.6 Å². The van der Waals surface area contributed by atoms with Gasteiger partial charge in [0.15, 0.2) is 0 Å². The van der Waals surface area contributed by atoms with E-state index in [2.05, 4.69) is 10.00 Å². The lowest BCUT2D eigenvalue weighted by molar-refractivity contribution is -0.0452. The maximum Gasteiger partial charge on any atom is 0.272 e. The van der Waals surface area contributed by atoms with Gasteiger partial charge in [-0.25, -0.2) is 0 Å². The fourth-order valence-electron chi connectivity index (χ4n) is 5.06. The van der Waals surface area contributed by atoms with Crippen LogP contribution < -0.4 is 0 Å². The molecule has 0 N–H and O–H groups in total. The molecule has 0 saturated carbocycles. The maximum absolute atomic E-state index is 13.1. The van der Waals surface area contributed by atoms with Crippen LogP contribution in [0.3, 0.4) is 0 Å². The summed E-state index contributed by atoms with van der Waals surface area (Å²) in [6.07, 6.45) is 5.89. The molecule has 6 heteroatoms. The predicted octanol–water partition coefficient (Wildman–Crippen LogP) is 2.32. The van der Waals surface area contributed by atoms with Crippen LogP contribution in [0.2, 0.25) is 0 Å². The van der Waals surface area contributed by atoms with E-state index < -0.39 is 0 Å². The quantitative estimate of drug-likeness (QED) is 0.827. The Morgan fingerprint density at radius 3 is 2.88 bits per heavy atom. The zero-order valence-electron chi connectivity index (χ0n) is 16.2. The molecule has 1 amide bonds. The predicted molar refractivity (Wildman–Crippen MR) is 100 cm³/mol. The highest BCUT2D eigenvalue weighted by atomic mass is 16.5. The normalized spacial score (nSPS) is 29.8. The first kappa shape index (κ1) is 18.0. The molecule has 3 fully saturated rings. The number of hydrogen-bond acceptors (Lipinski definition) is 4. The average Bonchev–Trinajstić information content (AvgIpc) is 3.36. The molecule has 1 aromatic heterocycles. The molecular weight excluding hydrogens is 328 g/mol. The van der Waals surface area contributed by atoms with Crippen molar-refractivity contribution in [1.29, 1.82) is 0 Å². The number of carbonyl (C=O) groups excluding carboxylic acids is 1. The SMILES string of the molecule is CCn1nc(C)cc1C(=O)N1CCC[C@@]2(C[C@@H](CN3CCCC3)CO2)C1. The molecule has 2 atom stereocenters. The van der Waals surface area contributed by atoms with Crippen LogP contribution in [0.25, 0.3) is 0 Å². The number of hydrogen-bond donors (Lipinski definition) is 0. The lowest BCUT2D eigenvalue weighted by Crippen LogP contribution is -2.50. The summed E-state index contributed by atoms with van der Waals surface area (Å²) in [5.74, 6) is 0.727. The van der Waals surface area contributed by atoms with Gasteiger partial charge < -0.3 is 14.5 Å². The van der Waals surface area contributed by atoms with E-state index in [1.54, 1.807) is 0 Å². The first-order valence-corrected chi connectivity index (χ1v) is 10.3. The van der Waals surface area contributed by atoms with Crippen LogP contribution in [-0.2, 0) is 11.3 Å². The standard InChI is InChI=1S/C20H32N4O2/c1-3-24-18(11-16(2)21-24)19(25)23-10-6-7-20(15-23)12-17(14-26-20)13-22-8-4-5-9-22/h11,17H,3-10,12-15H2,1-2H3/t17-,20+/m0/s1. The molecule has 3 aliphatic heterocycles. The number of nitrogens with zero attached hydrogens (tertiary/aromatic N) is 4. The highest BCUT2D eigenvalue weighted by Crippen LogP contribution is 2.38. The van der Waals surface area contributed by atoms with Crippen LogP contribution in [-0.4, -0.2) is 70.4 Å². The van der Waals surface area contributed by atoms with E-state index in [1.807, 2.05) is 29.5 Å². The van der Waals surface area contributed by atoms with E-state index in [0.717, 1.165) is 57.7 Å². The van der Waals surface area contributed by atoms with Crippen molar-refractivity contribution in [2.24, 2.45) is 5.92 Å². The number of rotatable bonds is 4. The number of ether oxygens (including phenoxy) is 1. The Kier molecular flexibility index (Phi) is 5.06. The first-order valence-electron chi connectivity index (χ1n) is 10.3. The van der Waals surface area contributed by atoms with Crippen molar-refractivity contribution in [2.75, 3.05) is 39.3 Å². The molecule has 4 rings (SSSR count). The number of aryl methyl sites for hydroxylation is 2. The minimum Gasteiger partial charge on any atom is -0.373 e. The largest absolute Gasteiger partial charge is 0.373 e. The van der Waals surface area contributed by atoms with Crippen molar-refractivity contribution in [3.63, 3.8) is 0 Å². The first-order chi connectivity index (χ1) is 12.6. The highest BCUT2D eigenvalue weighted by Gasteiger charge is 2.45. The lowest BCUT2D eigenvalue weighted by atomic mass is 9.86. The Hall–Kier alpha value is -1.40. The smallest absolute Gasteiger partial charge is 0.272 e. The molecular formula is C20H32N4O2. The molecule has 0 radical (unpaired) electrons. The number of carbonyl (C=O) groups is 1. The van der Waals surface area contributed by atoms with Gasteiger partial charge in [0.25, 0.3) is 5.91 Å². The number of likely N-dealkylation sites (tertiary alicyclic amines) is 2. The molecule has 0 bridgehead atoms. The van der Waals surface area contributed by atoms with Gasteiger partial charge in [0.05, 0.1) is 24.4 Å². The third-order valence-corrected chi connectivity index (χ3v) is 6.25. The van der Waals surface area contributed by atoms with Gasteiger partial charge in [-0.3, -0.25) is 9.48 Å². The number of aromatic nitrogens is 2. The maximum atomic E-state index is 13.1. The average molecular weight is 361 g/mol. The number of piperidine rings is 1. The Balaban J connectivity index is 1.41. The minimum absolute atomic E-state index is 0.109. The Morgan fingerprint density at radius 2 is 2.12 bits per heavy atom. The number of amides is 1. The van der Waals surface area contributed by atoms with Crippen LogP contribution in [0.1, 0.15) is 55.2 Å². The Labute approximate surface area is 156 Å². The van der Waals surface area contributed by atoms with Crippen LogP contribution in [0.4, 0.5) is 0 Å². The van der Waals surface area contributed by atoms with Crippen LogP contribution in [0.5, 0.6) is 0 Å². The minimum atomic E-state index is -0.121. The second-order valence-electron chi connectivity index (χ2n) is 8.39. The van der Waals surface area contributed by atoms with Gasteiger partial charge >= 0.3 is 0 Å². The van der Waals surface area contributed by atoms with Crippen molar-refractivity contribution in [3.05, 3.63) is 17.5 Å². The second kappa shape index (κ2) is 7.31. The van der Waals surface area contributed by atoms with Crippen molar-refractivity contribution < 1.29 is 9.53 Å². The molecule has 3 aliphatic rings. The molecule has 0 aromatic carbocycles. The summed E-state index contributed by atoms with van der Waals surface area (Å²) in [4.78, 5) is 17.7. The van der Waals surface area contributed by atoms with Crippen molar-refractivity contribution >= 4 is 5.91 Å². The molecule has 1 spiro atoms. The fraction of sp³-hybridized carbons (Fsp3) is 0.800. The van der Waals surface area contributed by atoms with Crippen molar-refractivity contribution in [3.8, 4) is 0 Å². The Morgan fingerprint density at radius 1 is 1.31 bits per heavy atom. The van der Waals surface area contributed by atoms with Gasteiger partial charge in [-0.15, -0.1) is 0 Å². The second-order valence-corrected chi connectivity index (χ2v) is 8.39. The molecule has 6 nitrogen and oxygen atoms in total. The molecule has 1 aromatic rings. The van der Waals surface area contributed by atoms with E-state index in [1.165, 1.54) is 25.9 Å². The van der Waals surface area contributed by atoms with Gasteiger partial charge in [0.1, 0.15) is 5.69 Å². The third kappa shape index (κ3) is 3.54. The third-order valence-electron chi connectivity index (χ3n) is 6.25. The van der Waals surface area contributed by atoms with Gasteiger partial charge in [-0.05, 0) is 71.0 Å².